The molecule has 1 aliphatic rings. The van der Waals surface area contributed by atoms with E-state index in [9.17, 15) is 4.79 Å². The zero-order valence-corrected chi connectivity index (χ0v) is 16.9. The minimum absolute atomic E-state index is 0.0821. The van der Waals surface area contributed by atoms with Crippen molar-refractivity contribution < 1.29 is 9.53 Å². The number of likely N-dealkylation sites (tertiary alicyclic amines) is 1. The molecule has 2 aromatic heterocycles. The number of anilines is 1. The van der Waals surface area contributed by atoms with Gasteiger partial charge in [-0.05, 0) is 43.7 Å². The fourth-order valence-corrected chi connectivity index (χ4v) is 4.75. The second-order valence-corrected chi connectivity index (χ2v) is 8.15. The molecule has 4 rings (SSSR count). The molecule has 0 bridgehead atoms. The van der Waals surface area contributed by atoms with Gasteiger partial charge in [0, 0.05) is 48.0 Å². The summed E-state index contributed by atoms with van der Waals surface area (Å²) >= 11 is 1.58. The summed E-state index contributed by atoms with van der Waals surface area (Å²) in [7, 11) is 3.56. The maximum absolute atomic E-state index is 12.7. The topological polar surface area (TPSA) is 59.4 Å². The predicted octanol–water partition coefficient (Wildman–Crippen LogP) is 4.08. The van der Waals surface area contributed by atoms with Crippen LogP contribution in [0.5, 0.6) is 5.75 Å². The third-order valence-electron chi connectivity index (χ3n) is 5.01. The molecule has 1 aliphatic heterocycles. The van der Waals surface area contributed by atoms with E-state index < -0.39 is 0 Å². The molecular weight excluding hydrogens is 372 g/mol. The van der Waals surface area contributed by atoms with Gasteiger partial charge in [0.05, 0.1) is 18.2 Å². The molecule has 0 radical (unpaired) electrons. The van der Waals surface area contributed by atoms with Crippen molar-refractivity contribution in [2.45, 2.75) is 25.4 Å². The largest absolute Gasteiger partial charge is 0.497 e. The van der Waals surface area contributed by atoms with Gasteiger partial charge in [-0.2, -0.15) is 5.10 Å². The van der Waals surface area contributed by atoms with Crippen LogP contribution in [0, 0.1) is 0 Å². The lowest BCUT2D eigenvalue weighted by atomic mass is 10.2. The smallest absolute Gasteiger partial charge is 0.265 e. The van der Waals surface area contributed by atoms with Gasteiger partial charge in [0.25, 0.3) is 5.91 Å². The van der Waals surface area contributed by atoms with Gasteiger partial charge < -0.3 is 10.1 Å². The van der Waals surface area contributed by atoms with E-state index in [4.69, 9.17) is 4.74 Å². The van der Waals surface area contributed by atoms with E-state index in [1.165, 1.54) is 16.9 Å². The molecule has 0 spiro atoms. The zero-order chi connectivity index (χ0) is 19.5. The van der Waals surface area contributed by atoms with Crippen molar-refractivity contribution in [1.82, 2.24) is 14.7 Å². The molecule has 0 aliphatic carbocycles. The van der Waals surface area contributed by atoms with Gasteiger partial charge in [-0.15, -0.1) is 11.3 Å². The monoisotopic (exact) mass is 396 g/mol. The number of hydrogen-bond acceptors (Lipinski definition) is 5. The molecule has 0 saturated carbocycles. The average Bonchev–Trinajstić information content (AvgIpc) is 3.43. The van der Waals surface area contributed by atoms with E-state index in [1.807, 2.05) is 48.3 Å². The highest BCUT2D eigenvalue weighted by molar-refractivity contribution is 7.14. The van der Waals surface area contributed by atoms with Crippen molar-refractivity contribution in [3.63, 3.8) is 0 Å². The number of aromatic nitrogens is 2. The number of carbonyl (C=O) groups excluding carboxylic acids is 1. The lowest BCUT2D eigenvalue weighted by Gasteiger charge is -2.22. The molecule has 1 unspecified atom stereocenters. The molecule has 1 fully saturated rings. The lowest BCUT2D eigenvalue weighted by Crippen LogP contribution is -2.21. The van der Waals surface area contributed by atoms with Gasteiger partial charge in [0.2, 0.25) is 0 Å². The van der Waals surface area contributed by atoms with Crippen LogP contribution in [0.3, 0.4) is 0 Å². The first-order valence-corrected chi connectivity index (χ1v) is 10.2. The van der Waals surface area contributed by atoms with Crippen molar-refractivity contribution in [3.05, 3.63) is 64.1 Å². The van der Waals surface area contributed by atoms with Crippen LogP contribution in [0.25, 0.3) is 0 Å². The third kappa shape index (κ3) is 4.10. The molecule has 3 heterocycles. The van der Waals surface area contributed by atoms with Gasteiger partial charge in [0.15, 0.2) is 0 Å². The van der Waals surface area contributed by atoms with E-state index in [-0.39, 0.29) is 5.91 Å². The molecule has 3 aromatic rings. The zero-order valence-electron chi connectivity index (χ0n) is 16.1. The highest BCUT2D eigenvalue weighted by Crippen LogP contribution is 2.37. The number of aryl methyl sites for hydroxylation is 1. The molecule has 1 atom stereocenters. The fraction of sp³-hybridized carbons (Fsp3) is 0.333. The Bertz CT molecular complexity index is 965. The van der Waals surface area contributed by atoms with E-state index >= 15 is 0 Å². The molecule has 28 heavy (non-hydrogen) atoms. The first-order chi connectivity index (χ1) is 13.6. The van der Waals surface area contributed by atoms with E-state index in [0.717, 1.165) is 35.8 Å². The van der Waals surface area contributed by atoms with E-state index in [0.29, 0.717) is 6.04 Å². The van der Waals surface area contributed by atoms with Crippen molar-refractivity contribution in [2.24, 2.45) is 7.05 Å². The summed E-state index contributed by atoms with van der Waals surface area (Å²) in [6, 6.07) is 11.8. The minimum atomic E-state index is -0.0821. The Morgan fingerprint density at radius 2 is 2.25 bits per heavy atom. The van der Waals surface area contributed by atoms with Crippen LogP contribution >= 0.6 is 11.3 Å². The summed E-state index contributed by atoms with van der Waals surface area (Å²) in [5.74, 6) is 0.642. The normalized spacial score (nSPS) is 17.0. The Morgan fingerprint density at radius 1 is 1.36 bits per heavy atom. The summed E-state index contributed by atoms with van der Waals surface area (Å²) in [6.45, 7) is 1.96. The summed E-state index contributed by atoms with van der Waals surface area (Å²) in [6.07, 6.45) is 6.29. The second kappa shape index (κ2) is 8.16. The molecule has 146 valence electrons. The molecule has 7 heteroatoms. The highest BCUT2D eigenvalue weighted by Gasteiger charge is 2.28. The van der Waals surface area contributed by atoms with Gasteiger partial charge in [-0.25, -0.2) is 0 Å². The van der Waals surface area contributed by atoms with Crippen LogP contribution in [-0.2, 0) is 13.6 Å². The minimum Gasteiger partial charge on any atom is -0.497 e. The number of ether oxygens (including phenoxy) is 1. The van der Waals surface area contributed by atoms with Gasteiger partial charge in [0.1, 0.15) is 5.75 Å². The summed E-state index contributed by atoms with van der Waals surface area (Å²) < 4.78 is 7.06. The highest BCUT2D eigenvalue weighted by atomic mass is 32.1. The van der Waals surface area contributed by atoms with Crippen molar-refractivity contribution >= 4 is 22.9 Å². The SMILES string of the molecule is COc1cccc(NC(=O)c2ccc(C3CCCN3Cc3cnn(C)c3)s2)c1. The number of amides is 1. The Labute approximate surface area is 168 Å². The predicted molar refractivity (Wildman–Crippen MR) is 111 cm³/mol. The summed E-state index contributed by atoms with van der Waals surface area (Å²) in [5, 5.41) is 7.22. The molecule has 1 saturated heterocycles. The first-order valence-electron chi connectivity index (χ1n) is 9.39. The van der Waals surface area contributed by atoms with Crippen LogP contribution in [0.1, 0.15) is 39.0 Å². The van der Waals surface area contributed by atoms with Crippen molar-refractivity contribution in [1.29, 1.82) is 0 Å². The standard InChI is InChI=1S/C21H24N4O2S/c1-24-13-15(12-22-24)14-25-10-4-7-18(25)19-8-9-20(28-19)21(26)23-16-5-3-6-17(11-16)27-2/h3,5-6,8-9,11-13,18H,4,7,10,14H2,1-2H3,(H,23,26). The Hall–Kier alpha value is -2.64. The molecule has 1 N–H and O–H groups in total. The van der Waals surface area contributed by atoms with Crippen LogP contribution in [0.4, 0.5) is 5.69 Å². The molecular formula is C21H24N4O2S. The van der Waals surface area contributed by atoms with E-state index in [2.05, 4.69) is 27.6 Å². The summed E-state index contributed by atoms with van der Waals surface area (Å²) in [5.41, 5.74) is 1.96. The molecule has 6 nitrogen and oxygen atoms in total. The number of methoxy groups -OCH3 is 1. The van der Waals surface area contributed by atoms with Gasteiger partial charge in [-0.3, -0.25) is 14.4 Å². The number of thiophene rings is 1. The Kier molecular flexibility index (Phi) is 5.45. The maximum atomic E-state index is 12.7. The lowest BCUT2D eigenvalue weighted by molar-refractivity contribution is 0.103. The molecule has 1 aromatic carbocycles. The maximum Gasteiger partial charge on any atom is 0.265 e. The van der Waals surface area contributed by atoms with Gasteiger partial charge >= 0.3 is 0 Å². The number of rotatable bonds is 6. The van der Waals surface area contributed by atoms with Crippen molar-refractivity contribution in [3.8, 4) is 5.75 Å². The Morgan fingerprint density at radius 3 is 3.04 bits per heavy atom. The van der Waals surface area contributed by atoms with Crippen molar-refractivity contribution in [2.75, 3.05) is 19.0 Å². The van der Waals surface area contributed by atoms with Gasteiger partial charge in [-0.1, -0.05) is 6.07 Å². The average molecular weight is 397 g/mol. The third-order valence-corrected chi connectivity index (χ3v) is 6.20. The first kappa shape index (κ1) is 18.7. The second-order valence-electron chi connectivity index (χ2n) is 7.04. The summed E-state index contributed by atoms with van der Waals surface area (Å²) in [4.78, 5) is 17.1. The van der Waals surface area contributed by atoms with Crippen LogP contribution in [0.2, 0.25) is 0 Å². The van der Waals surface area contributed by atoms with E-state index in [1.54, 1.807) is 18.4 Å². The van der Waals surface area contributed by atoms with Crippen LogP contribution < -0.4 is 10.1 Å². The van der Waals surface area contributed by atoms with Crippen LogP contribution in [0.15, 0.2) is 48.8 Å². The quantitative estimate of drug-likeness (QED) is 0.682. The number of benzene rings is 1. The number of nitrogens with one attached hydrogen (secondary N) is 1. The Balaban J connectivity index is 1.44. The number of hydrogen-bond donors (Lipinski definition) is 1. The molecule has 1 amide bonds. The number of carbonyl (C=O) groups is 1. The fourth-order valence-electron chi connectivity index (χ4n) is 3.67. The number of nitrogens with zero attached hydrogens (tertiary/aromatic N) is 3. The van der Waals surface area contributed by atoms with Crippen LogP contribution in [-0.4, -0.2) is 34.2 Å².